The van der Waals surface area contributed by atoms with Crippen molar-refractivity contribution in [3.63, 3.8) is 0 Å². The summed E-state index contributed by atoms with van der Waals surface area (Å²) in [5, 5.41) is 13.8. The van der Waals surface area contributed by atoms with Gasteiger partial charge in [0.25, 0.3) is 0 Å². The fourth-order valence-electron chi connectivity index (χ4n) is 1.71. The van der Waals surface area contributed by atoms with Crippen molar-refractivity contribution in [2.45, 2.75) is 32.6 Å². The first-order valence-corrected chi connectivity index (χ1v) is 6.47. The summed E-state index contributed by atoms with van der Waals surface area (Å²) in [5.41, 5.74) is 0.703. The third-order valence-electron chi connectivity index (χ3n) is 2.79. The number of aromatic nitrogens is 1. The number of hydrogen-bond donors (Lipinski definition) is 1. The van der Waals surface area contributed by atoms with Gasteiger partial charge in [-0.05, 0) is 25.8 Å². The van der Waals surface area contributed by atoms with Gasteiger partial charge in [0.15, 0.2) is 0 Å². The zero-order valence-electron chi connectivity index (χ0n) is 11.7. The Morgan fingerprint density at radius 2 is 2.15 bits per heavy atom. The summed E-state index contributed by atoms with van der Waals surface area (Å²) in [6.07, 6.45) is 2.81. The molecule has 0 aliphatic carbocycles. The first kappa shape index (κ1) is 15.9. The predicted octanol–water partition coefficient (Wildman–Crippen LogP) is 2.44. The highest BCUT2D eigenvalue weighted by atomic mass is 16.6. The number of anilines is 1. The van der Waals surface area contributed by atoms with Crippen molar-refractivity contribution in [1.29, 1.82) is 0 Å². The molecule has 0 amide bonds. The molecule has 0 bridgehead atoms. The molecule has 0 aromatic carbocycles. The summed E-state index contributed by atoms with van der Waals surface area (Å²) < 4.78 is 4.54. The molecule has 1 N–H and O–H groups in total. The van der Waals surface area contributed by atoms with Crippen LogP contribution < -0.4 is 5.32 Å². The molecule has 0 fully saturated rings. The first-order valence-electron chi connectivity index (χ1n) is 6.47. The Balaban J connectivity index is 2.36. The number of nitrogens with zero attached hydrogens (tertiary/aromatic N) is 2. The smallest absolute Gasteiger partial charge is 0.311 e. The third kappa shape index (κ3) is 5.21. The molecule has 7 nitrogen and oxygen atoms in total. The van der Waals surface area contributed by atoms with Crippen LogP contribution in [0.5, 0.6) is 0 Å². The lowest BCUT2D eigenvalue weighted by molar-refractivity contribution is -0.384. The summed E-state index contributed by atoms with van der Waals surface area (Å²) in [6, 6.07) is 3.06. The van der Waals surface area contributed by atoms with Gasteiger partial charge < -0.3 is 10.1 Å². The van der Waals surface area contributed by atoms with Gasteiger partial charge in [-0.1, -0.05) is 6.42 Å². The Morgan fingerprint density at radius 1 is 1.40 bits per heavy atom. The number of nitro groups is 1. The molecule has 110 valence electrons. The maximum Gasteiger partial charge on any atom is 0.311 e. The van der Waals surface area contributed by atoms with Gasteiger partial charge in [0.1, 0.15) is 0 Å². The van der Waals surface area contributed by atoms with Gasteiger partial charge in [0.2, 0.25) is 5.82 Å². The van der Waals surface area contributed by atoms with Gasteiger partial charge in [-0.15, -0.1) is 0 Å². The molecule has 7 heteroatoms. The van der Waals surface area contributed by atoms with Crippen LogP contribution in [0.1, 0.15) is 31.4 Å². The molecule has 0 radical (unpaired) electrons. The van der Waals surface area contributed by atoms with Crippen LogP contribution in [0, 0.1) is 17.0 Å². The number of pyridine rings is 1. The second-order valence-corrected chi connectivity index (χ2v) is 4.39. The van der Waals surface area contributed by atoms with Crippen LogP contribution in [-0.2, 0) is 9.53 Å². The van der Waals surface area contributed by atoms with Crippen LogP contribution in [0.3, 0.4) is 0 Å². The maximum atomic E-state index is 10.9. The van der Waals surface area contributed by atoms with Gasteiger partial charge in [-0.25, -0.2) is 4.98 Å². The summed E-state index contributed by atoms with van der Waals surface area (Å²) in [4.78, 5) is 25.4. The Kier molecular flexibility index (Phi) is 6.42. The van der Waals surface area contributed by atoms with Crippen molar-refractivity contribution < 1.29 is 14.5 Å². The monoisotopic (exact) mass is 281 g/mol. The number of rotatable bonds is 8. The quantitative estimate of drug-likeness (QED) is 0.340. The molecule has 0 spiro atoms. The van der Waals surface area contributed by atoms with E-state index in [4.69, 9.17) is 0 Å². The lowest BCUT2D eigenvalue weighted by atomic mass is 10.2. The molecule has 0 saturated heterocycles. The van der Waals surface area contributed by atoms with Crippen LogP contribution >= 0.6 is 0 Å². The van der Waals surface area contributed by atoms with Gasteiger partial charge in [0.05, 0.1) is 12.0 Å². The SMILES string of the molecule is COC(=O)CCCCCNc1nc(C)ccc1[N+](=O)[O-]. The largest absolute Gasteiger partial charge is 0.469 e. The van der Waals surface area contributed by atoms with Crippen molar-refractivity contribution in [1.82, 2.24) is 4.98 Å². The molecule has 0 unspecified atom stereocenters. The Morgan fingerprint density at radius 3 is 2.80 bits per heavy atom. The highest BCUT2D eigenvalue weighted by Crippen LogP contribution is 2.21. The second-order valence-electron chi connectivity index (χ2n) is 4.39. The Hall–Kier alpha value is -2.18. The van der Waals surface area contributed by atoms with E-state index in [9.17, 15) is 14.9 Å². The van der Waals surface area contributed by atoms with Crippen molar-refractivity contribution in [2.24, 2.45) is 0 Å². The number of carbonyl (C=O) groups is 1. The molecule has 1 rings (SSSR count). The molecular weight excluding hydrogens is 262 g/mol. The first-order chi connectivity index (χ1) is 9.54. The van der Waals surface area contributed by atoms with Crippen molar-refractivity contribution in [3.8, 4) is 0 Å². The minimum atomic E-state index is -0.452. The number of unbranched alkanes of at least 4 members (excludes halogenated alkanes) is 2. The number of esters is 1. The van der Waals surface area contributed by atoms with Crippen LogP contribution in [0.25, 0.3) is 0 Å². The summed E-state index contributed by atoms with van der Waals surface area (Å²) in [5.74, 6) is 0.0805. The van der Waals surface area contributed by atoms with Crippen LogP contribution in [-0.4, -0.2) is 29.5 Å². The molecule has 0 aliphatic rings. The summed E-state index contributed by atoms with van der Waals surface area (Å²) in [6.45, 7) is 2.36. The predicted molar refractivity (Wildman–Crippen MR) is 74.6 cm³/mol. The van der Waals surface area contributed by atoms with E-state index in [1.807, 2.05) is 0 Å². The number of nitrogens with one attached hydrogen (secondary N) is 1. The molecule has 1 heterocycles. The average Bonchev–Trinajstić information content (AvgIpc) is 2.42. The van der Waals surface area contributed by atoms with E-state index in [0.717, 1.165) is 25.0 Å². The van der Waals surface area contributed by atoms with E-state index in [1.165, 1.54) is 13.2 Å². The summed E-state index contributed by atoms with van der Waals surface area (Å²) >= 11 is 0. The van der Waals surface area contributed by atoms with Crippen molar-refractivity contribution in [2.75, 3.05) is 19.0 Å². The van der Waals surface area contributed by atoms with Crippen LogP contribution in [0.4, 0.5) is 11.5 Å². The number of carbonyl (C=O) groups excluding carboxylic acids is 1. The second kappa shape index (κ2) is 8.08. The van der Waals surface area contributed by atoms with E-state index in [0.29, 0.717) is 18.8 Å². The van der Waals surface area contributed by atoms with Crippen LogP contribution in [0.2, 0.25) is 0 Å². The topological polar surface area (TPSA) is 94.4 Å². The van der Waals surface area contributed by atoms with Gasteiger partial charge >= 0.3 is 11.7 Å². The number of aryl methyl sites for hydroxylation is 1. The highest BCUT2D eigenvalue weighted by Gasteiger charge is 2.14. The Bertz CT molecular complexity index is 477. The van der Waals surface area contributed by atoms with Gasteiger partial charge in [-0.2, -0.15) is 0 Å². The fourth-order valence-corrected chi connectivity index (χ4v) is 1.71. The molecule has 1 aromatic rings. The molecule has 0 saturated carbocycles. The van der Waals surface area contributed by atoms with E-state index >= 15 is 0 Å². The molecular formula is C13H19N3O4. The van der Waals surface area contributed by atoms with E-state index in [-0.39, 0.29) is 11.7 Å². The van der Waals surface area contributed by atoms with Crippen molar-refractivity contribution in [3.05, 3.63) is 27.9 Å². The van der Waals surface area contributed by atoms with E-state index in [1.54, 1.807) is 13.0 Å². The molecule has 0 atom stereocenters. The lowest BCUT2D eigenvalue weighted by Gasteiger charge is -2.06. The number of methoxy groups -OCH3 is 1. The third-order valence-corrected chi connectivity index (χ3v) is 2.79. The average molecular weight is 281 g/mol. The fraction of sp³-hybridized carbons (Fsp3) is 0.538. The Labute approximate surface area is 117 Å². The zero-order valence-corrected chi connectivity index (χ0v) is 11.7. The number of ether oxygens (including phenoxy) is 1. The van der Waals surface area contributed by atoms with Gasteiger partial charge in [0, 0.05) is 24.7 Å². The molecule has 20 heavy (non-hydrogen) atoms. The lowest BCUT2D eigenvalue weighted by Crippen LogP contribution is -2.07. The van der Waals surface area contributed by atoms with E-state index in [2.05, 4.69) is 15.0 Å². The molecule has 1 aromatic heterocycles. The minimum absolute atomic E-state index is 0.0230. The minimum Gasteiger partial charge on any atom is -0.469 e. The summed E-state index contributed by atoms with van der Waals surface area (Å²) in [7, 11) is 1.37. The standard InChI is InChI=1S/C13H19N3O4/c1-10-7-8-11(16(18)19)13(15-10)14-9-5-3-4-6-12(17)20-2/h7-8H,3-6,9H2,1-2H3,(H,14,15). The maximum absolute atomic E-state index is 10.9. The van der Waals surface area contributed by atoms with Crippen LogP contribution in [0.15, 0.2) is 12.1 Å². The molecule has 0 aliphatic heterocycles. The normalized spacial score (nSPS) is 10.1. The van der Waals surface area contributed by atoms with Crippen molar-refractivity contribution >= 4 is 17.5 Å². The zero-order chi connectivity index (χ0) is 15.0. The van der Waals surface area contributed by atoms with E-state index < -0.39 is 4.92 Å². The number of hydrogen-bond acceptors (Lipinski definition) is 6. The highest BCUT2D eigenvalue weighted by molar-refractivity contribution is 5.68. The van der Waals surface area contributed by atoms with Gasteiger partial charge in [-0.3, -0.25) is 14.9 Å².